The average molecular weight is 176 g/mol. The number of carboxylic acid groups (broad SMARTS) is 1. The van der Waals surface area contributed by atoms with Gasteiger partial charge in [-0.15, -0.1) is 0 Å². The SMILES string of the molecule is COCCOCC(C)(C)C(=O)O. The summed E-state index contributed by atoms with van der Waals surface area (Å²) in [6.07, 6.45) is 0. The van der Waals surface area contributed by atoms with Gasteiger partial charge in [0.15, 0.2) is 0 Å². The van der Waals surface area contributed by atoms with Gasteiger partial charge in [0.2, 0.25) is 0 Å². The van der Waals surface area contributed by atoms with Crippen LogP contribution in [0.1, 0.15) is 13.8 Å². The molecule has 0 rings (SSSR count). The van der Waals surface area contributed by atoms with E-state index in [9.17, 15) is 4.79 Å². The first-order valence-corrected chi connectivity index (χ1v) is 3.81. The number of hydrogen-bond acceptors (Lipinski definition) is 3. The van der Waals surface area contributed by atoms with Gasteiger partial charge in [0.25, 0.3) is 0 Å². The van der Waals surface area contributed by atoms with Crippen molar-refractivity contribution in [2.75, 3.05) is 26.9 Å². The van der Waals surface area contributed by atoms with Crippen LogP contribution in [0.4, 0.5) is 0 Å². The largest absolute Gasteiger partial charge is 0.481 e. The van der Waals surface area contributed by atoms with Crippen molar-refractivity contribution >= 4 is 5.97 Å². The smallest absolute Gasteiger partial charge is 0.311 e. The summed E-state index contributed by atoms with van der Waals surface area (Å²) in [6, 6.07) is 0. The Morgan fingerprint density at radius 2 is 2.00 bits per heavy atom. The molecule has 0 aromatic carbocycles. The van der Waals surface area contributed by atoms with Crippen molar-refractivity contribution in [3.63, 3.8) is 0 Å². The molecule has 0 saturated heterocycles. The highest BCUT2D eigenvalue weighted by atomic mass is 16.5. The molecule has 4 nitrogen and oxygen atoms in total. The minimum absolute atomic E-state index is 0.214. The molecule has 0 aliphatic rings. The van der Waals surface area contributed by atoms with E-state index in [1.54, 1.807) is 21.0 Å². The maximum atomic E-state index is 10.6. The topological polar surface area (TPSA) is 55.8 Å². The molecular formula is C8H16O4. The molecule has 0 heterocycles. The zero-order chi connectivity index (χ0) is 9.61. The molecule has 0 aliphatic heterocycles. The van der Waals surface area contributed by atoms with Crippen LogP contribution >= 0.6 is 0 Å². The zero-order valence-corrected chi connectivity index (χ0v) is 7.79. The van der Waals surface area contributed by atoms with Gasteiger partial charge in [-0.1, -0.05) is 0 Å². The second kappa shape index (κ2) is 5.11. The van der Waals surface area contributed by atoms with E-state index in [1.165, 1.54) is 0 Å². The Labute approximate surface area is 72.5 Å². The van der Waals surface area contributed by atoms with Crippen molar-refractivity contribution in [1.29, 1.82) is 0 Å². The Bertz CT molecular complexity index is 142. The minimum Gasteiger partial charge on any atom is -0.481 e. The highest BCUT2D eigenvalue weighted by Gasteiger charge is 2.26. The molecule has 0 aliphatic carbocycles. The summed E-state index contributed by atoms with van der Waals surface area (Å²) >= 11 is 0. The lowest BCUT2D eigenvalue weighted by Gasteiger charge is -2.18. The summed E-state index contributed by atoms with van der Waals surface area (Å²) in [5.41, 5.74) is -0.812. The van der Waals surface area contributed by atoms with E-state index < -0.39 is 11.4 Å². The molecule has 0 aromatic rings. The summed E-state index contributed by atoms with van der Waals surface area (Å²) in [5.74, 6) is -0.847. The average Bonchev–Trinajstić information content (AvgIpc) is 1.98. The van der Waals surface area contributed by atoms with E-state index in [-0.39, 0.29) is 6.61 Å². The standard InChI is InChI=1S/C8H16O4/c1-8(2,7(9)10)6-12-5-4-11-3/h4-6H2,1-3H3,(H,9,10). The number of hydrogen-bond donors (Lipinski definition) is 1. The van der Waals surface area contributed by atoms with Crippen molar-refractivity contribution in [3.05, 3.63) is 0 Å². The van der Waals surface area contributed by atoms with E-state index >= 15 is 0 Å². The third-order valence-corrected chi connectivity index (χ3v) is 1.47. The second-order valence-corrected chi connectivity index (χ2v) is 3.23. The molecule has 0 bridgehead atoms. The Kier molecular flexibility index (Phi) is 4.85. The molecule has 0 spiro atoms. The van der Waals surface area contributed by atoms with Gasteiger partial charge < -0.3 is 14.6 Å². The van der Waals surface area contributed by atoms with Crippen LogP contribution in [0.15, 0.2) is 0 Å². The Morgan fingerprint density at radius 1 is 1.42 bits per heavy atom. The molecule has 0 saturated carbocycles. The normalized spacial score (nSPS) is 11.6. The van der Waals surface area contributed by atoms with Crippen LogP contribution in [-0.4, -0.2) is 38.0 Å². The second-order valence-electron chi connectivity index (χ2n) is 3.23. The Hall–Kier alpha value is -0.610. The monoisotopic (exact) mass is 176 g/mol. The third kappa shape index (κ3) is 4.31. The molecule has 0 atom stereocenters. The molecule has 1 N–H and O–H groups in total. The van der Waals surface area contributed by atoms with Gasteiger partial charge >= 0.3 is 5.97 Å². The lowest BCUT2D eigenvalue weighted by Crippen LogP contribution is -2.29. The first-order chi connectivity index (χ1) is 5.50. The quantitative estimate of drug-likeness (QED) is 0.607. The van der Waals surface area contributed by atoms with Gasteiger partial charge in [0, 0.05) is 7.11 Å². The molecule has 0 fully saturated rings. The van der Waals surface area contributed by atoms with Gasteiger partial charge in [0.05, 0.1) is 25.2 Å². The summed E-state index contributed by atoms with van der Waals surface area (Å²) in [4.78, 5) is 10.6. The molecular weight excluding hydrogens is 160 g/mol. The van der Waals surface area contributed by atoms with Gasteiger partial charge in [-0.3, -0.25) is 4.79 Å². The van der Waals surface area contributed by atoms with Crippen LogP contribution in [0.5, 0.6) is 0 Å². The molecule has 12 heavy (non-hydrogen) atoms. The molecule has 4 heteroatoms. The Balaban J connectivity index is 3.54. The van der Waals surface area contributed by atoms with E-state index in [1.807, 2.05) is 0 Å². The van der Waals surface area contributed by atoms with Crippen LogP contribution in [0.25, 0.3) is 0 Å². The number of rotatable bonds is 6. The predicted octanol–water partition coefficient (Wildman–Crippen LogP) is 0.760. The lowest BCUT2D eigenvalue weighted by molar-refractivity contribution is -0.150. The summed E-state index contributed by atoms with van der Waals surface area (Å²) in [5, 5.41) is 8.69. The van der Waals surface area contributed by atoms with Crippen molar-refractivity contribution in [2.45, 2.75) is 13.8 Å². The van der Waals surface area contributed by atoms with Crippen LogP contribution in [-0.2, 0) is 14.3 Å². The van der Waals surface area contributed by atoms with Crippen LogP contribution < -0.4 is 0 Å². The van der Waals surface area contributed by atoms with Gasteiger partial charge in [-0.05, 0) is 13.8 Å². The highest BCUT2D eigenvalue weighted by molar-refractivity contribution is 5.73. The fourth-order valence-electron chi connectivity index (χ4n) is 0.531. The number of aliphatic carboxylic acids is 1. The fraction of sp³-hybridized carbons (Fsp3) is 0.875. The Morgan fingerprint density at radius 3 is 2.42 bits per heavy atom. The maximum absolute atomic E-state index is 10.6. The van der Waals surface area contributed by atoms with E-state index in [0.29, 0.717) is 13.2 Å². The highest BCUT2D eigenvalue weighted by Crippen LogP contribution is 2.14. The maximum Gasteiger partial charge on any atom is 0.311 e. The minimum atomic E-state index is -0.847. The molecule has 0 radical (unpaired) electrons. The molecule has 72 valence electrons. The van der Waals surface area contributed by atoms with E-state index in [0.717, 1.165) is 0 Å². The molecule has 0 amide bonds. The number of ether oxygens (including phenoxy) is 2. The van der Waals surface area contributed by atoms with Crippen LogP contribution in [0, 0.1) is 5.41 Å². The van der Waals surface area contributed by atoms with Gasteiger partial charge in [-0.25, -0.2) is 0 Å². The third-order valence-electron chi connectivity index (χ3n) is 1.47. The van der Waals surface area contributed by atoms with E-state index in [4.69, 9.17) is 14.6 Å². The zero-order valence-electron chi connectivity index (χ0n) is 7.79. The number of carbonyl (C=O) groups is 1. The lowest BCUT2D eigenvalue weighted by atomic mass is 9.95. The molecule has 0 aromatic heterocycles. The van der Waals surface area contributed by atoms with Crippen molar-refractivity contribution < 1.29 is 19.4 Å². The summed E-state index contributed by atoms with van der Waals surface area (Å²) < 4.78 is 9.84. The first-order valence-electron chi connectivity index (χ1n) is 3.81. The van der Waals surface area contributed by atoms with Gasteiger partial charge in [-0.2, -0.15) is 0 Å². The van der Waals surface area contributed by atoms with Gasteiger partial charge in [0.1, 0.15) is 0 Å². The van der Waals surface area contributed by atoms with Crippen LogP contribution in [0.3, 0.4) is 0 Å². The van der Waals surface area contributed by atoms with Crippen molar-refractivity contribution in [1.82, 2.24) is 0 Å². The number of methoxy groups -OCH3 is 1. The van der Waals surface area contributed by atoms with Crippen molar-refractivity contribution in [2.24, 2.45) is 5.41 Å². The summed E-state index contributed by atoms with van der Waals surface area (Å²) in [7, 11) is 1.58. The van der Waals surface area contributed by atoms with Crippen LogP contribution in [0.2, 0.25) is 0 Å². The number of carboxylic acids is 1. The predicted molar refractivity (Wildman–Crippen MR) is 44.1 cm³/mol. The summed E-state index contributed by atoms with van der Waals surface area (Å²) in [6.45, 7) is 4.40. The van der Waals surface area contributed by atoms with E-state index in [2.05, 4.69) is 0 Å². The van der Waals surface area contributed by atoms with Crippen molar-refractivity contribution in [3.8, 4) is 0 Å². The first kappa shape index (κ1) is 11.4. The fourth-order valence-corrected chi connectivity index (χ4v) is 0.531. The molecule has 0 unspecified atom stereocenters.